The van der Waals surface area contributed by atoms with Gasteiger partial charge in [-0.05, 0) is 20.0 Å². The third kappa shape index (κ3) is 5.95. The molecule has 0 fully saturated rings. The van der Waals surface area contributed by atoms with E-state index in [9.17, 15) is 13.2 Å². The van der Waals surface area contributed by atoms with Crippen LogP contribution in [0.15, 0.2) is 0 Å². The lowest BCUT2D eigenvalue weighted by Crippen LogP contribution is -2.43. The van der Waals surface area contributed by atoms with Gasteiger partial charge in [-0.1, -0.05) is 19.8 Å². The van der Waals surface area contributed by atoms with Crippen LogP contribution in [0.2, 0.25) is 0 Å². The van der Waals surface area contributed by atoms with E-state index in [4.69, 9.17) is 11.1 Å². The van der Waals surface area contributed by atoms with Crippen LogP contribution in [-0.4, -0.2) is 37.0 Å². The van der Waals surface area contributed by atoms with Crippen molar-refractivity contribution in [3.63, 3.8) is 0 Å². The molecule has 0 rings (SSSR count). The Hall–Kier alpha value is -0.780. The molecule has 0 amide bonds. The standard InChI is InChI=1S/C10H20F3N3/c1-3-4-5-6-16(2)7-8(9(14)15)10(11,12)13/h8H,3-7H2,1-2H3,(H3,14,15). The van der Waals surface area contributed by atoms with Crippen molar-refractivity contribution in [2.45, 2.75) is 32.4 Å². The molecule has 1 unspecified atom stereocenters. The maximum Gasteiger partial charge on any atom is 0.399 e. The molecule has 0 saturated carbocycles. The molecule has 0 spiro atoms. The minimum Gasteiger partial charge on any atom is -0.387 e. The molecule has 0 aromatic heterocycles. The number of halogens is 3. The predicted molar refractivity (Wildman–Crippen MR) is 58.5 cm³/mol. The van der Waals surface area contributed by atoms with Gasteiger partial charge in [0.15, 0.2) is 0 Å². The van der Waals surface area contributed by atoms with Gasteiger partial charge in [-0.3, -0.25) is 5.41 Å². The third-order valence-electron chi connectivity index (χ3n) is 2.41. The van der Waals surface area contributed by atoms with Gasteiger partial charge in [-0.2, -0.15) is 13.2 Å². The second-order valence-corrected chi connectivity index (χ2v) is 4.02. The summed E-state index contributed by atoms with van der Waals surface area (Å²) in [5, 5.41) is 6.94. The average Bonchev–Trinajstić information content (AvgIpc) is 2.12. The zero-order valence-electron chi connectivity index (χ0n) is 9.77. The van der Waals surface area contributed by atoms with E-state index in [1.54, 1.807) is 11.9 Å². The molecule has 0 radical (unpaired) electrons. The van der Waals surface area contributed by atoms with E-state index >= 15 is 0 Å². The lowest BCUT2D eigenvalue weighted by molar-refractivity contribution is -0.159. The second kappa shape index (κ2) is 6.73. The monoisotopic (exact) mass is 239 g/mol. The molecule has 96 valence electrons. The van der Waals surface area contributed by atoms with E-state index in [0.717, 1.165) is 19.3 Å². The van der Waals surface area contributed by atoms with Gasteiger partial charge in [0.25, 0.3) is 0 Å². The Morgan fingerprint density at radius 1 is 1.38 bits per heavy atom. The molecule has 0 heterocycles. The van der Waals surface area contributed by atoms with Crippen LogP contribution in [0.4, 0.5) is 13.2 Å². The largest absolute Gasteiger partial charge is 0.399 e. The topological polar surface area (TPSA) is 53.1 Å². The molecule has 6 heteroatoms. The number of amidine groups is 1. The van der Waals surface area contributed by atoms with Crippen LogP contribution < -0.4 is 5.73 Å². The van der Waals surface area contributed by atoms with Gasteiger partial charge in [0.05, 0.1) is 0 Å². The van der Waals surface area contributed by atoms with Crippen molar-refractivity contribution < 1.29 is 13.2 Å². The Balaban J connectivity index is 4.15. The van der Waals surface area contributed by atoms with Gasteiger partial charge in [0, 0.05) is 6.54 Å². The first kappa shape index (κ1) is 15.2. The number of nitrogens with zero attached hydrogens (tertiary/aromatic N) is 1. The van der Waals surface area contributed by atoms with E-state index in [-0.39, 0.29) is 6.54 Å². The molecular formula is C10H20F3N3. The summed E-state index contributed by atoms with van der Waals surface area (Å²) in [6, 6.07) is 0. The van der Waals surface area contributed by atoms with Gasteiger partial charge in [0.1, 0.15) is 11.8 Å². The third-order valence-corrected chi connectivity index (χ3v) is 2.41. The zero-order chi connectivity index (χ0) is 12.8. The highest BCUT2D eigenvalue weighted by Crippen LogP contribution is 2.26. The first-order valence-corrected chi connectivity index (χ1v) is 5.38. The summed E-state index contributed by atoms with van der Waals surface area (Å²) in [6.07, 6.45) is -1.52. The molecule has 0 aliphatic heterocycles. The second-order valence-electron chi connectivity index (χ2n) is 4.02. The van der Waals surface area contributed by atoms with Crippen LogP contribution >= 0.6 is 0 Å². The van der Waals surface area contributed by atoms with Crippen molar-refractivity contribution >= 4 is 5.84 Å². The molecular weight excluding hydrogens is 219 g/mol. The van der Waals surface area contributed by atoms with Crippen molar-refractivity contribution in [3.8, 4) is 0 Å². The molecule has 0 aliphatic rings. The number of unbranched alkanes of at least 4 members (excludes halogenated alkanes) is 2. The lowest BCUT2D eigenvalue weighted by Gasteiger charge is -2.24. The molecule has 16 heavy (non-hydrogen) atoms. The van der Waals surface area contributed by atoms with Crippen LogP contribution in [0.3, 0.4) is 0 Å². The molecule has 3 N–H and O–H groups in total. The van der Waals surface area contributed by atoms with Gasteiger partial charge in [-0.15, -0.1) is 0 Å². The van der Waals surface area contributed by atoms with Crippen LogP contribution in [0.1, 0.15) is 26.2 Å². The fraction of sp³-hybridized carbons (Fsp3) is 0.900. The summed E-state index contributed by atoms with van der Waals surface area (Å²) in [5.41, 5.74) is 4.96. The van der Waals surface area contributed by atoms with E-state index in [0.29, 0.717) is 6.54 Å². The van der Waals surface area contributed by atoms with E-state index in [1.807, 2.05) is 6.92 Å². The van der Waals surface area contributed by atoms with Crippen molar-refractivity contribution in [1.29, 1.82) is 5.41 Å². The Bertz CT molecular complexity index is 216. The highest BCUT2D eigenvalue weighted by Gasteiger charge is 2.42. The minimum atomic E-state index is -4.43. The number of alkyl halides is 3. The number of nitrogens with two attached hydrogens (primary N) is 1. The minimum absolute atomic E-state index is 0.234. The van der Waals surface area contributed by atoms with Crippen molar-refractivity contribution in [2.24, 2.45) is 11.7 Å². The maximum atomic E-state index is 12.5. The summed E-state index contributed by atoms with van der Waals surface area (Å²) >= 11 is 0. The Morgan fingerprint density at radius 3 is 2.31 bits per heavy atom. The van der Waals surface area contributed by atoms with Crippen LogP contribution in [0.25, 0.3) is 0 Å². The van der Waals surface area contributed by atoms with Crippen LogP contribution in [0.5, 0.6) is 0 Å². The predicted octanol–water partition coefficient (Wildman–Crippen LogP) is 2.22. The summed E-state index contributed by atoms with van der Waals surface area (Å²) in [7, 11) is 1.62. The highest BCUT2D eigenvalue weighted by molar-refractivity contribution is 5.80. The fourth-order valence-electron chi connectivity index (χ4n) is 1.41. The Morgan fingerprint density at radius 2 is 1.94 bits per heavy atom. The Labute approximate surface area is 94.3 Å². The smallest absolute Gasteiger partial charge is 0.387 e. The quantitative estimate of drug-likeness (QED) is 0.406. The van der Waals surface area contributed by atoms with Gasteiger partial charge < -0.3 is 10.6 Å². The van der Waals surface area contributed by atoms with E-state index < -0.39 is 17.9 Å². The molecule has 0 aliphatic carbocycles. The molecule has 3 nitrogen and oxygen atoms in total. The molecule has 0 bridgehead atoms. The van der Waals surface area contributed by atoms with Gasteiger partial charge in [-0.25, -0.2) is 0 Å². The van der Waals surface area contributed by atoms with Crippen LogP contribution in [-0.2, 0) is 0 Å². The van der Waals surface area contributed by atoms with Crippen molar-refractivity contribution in [2.75, 3.05) is 20.1 Å². The molecule has 1 atom stereocenters. The molecule has 0 aromatic rings. The number of rotatable bonds is 7. The summed E-state index contributed by atoms with van der Waals surface area (Å²) in [6.45, 7) is 2.41. The van der Waals surface area contributed by atoms with Crippen molar-refractivity contribution in [3.05, 3.63) is 0 Å². The fourth-order valence-corrected chi connectivity index (χ4v) is 1.41. The van der Waals surface area contributed by atoms with E-state index in [1.165, 1.54) is 0 Å². The average molecular weight is 239 g/mol. The summed E-state index contributed by atoms with van der Waals surface area (Å²) < 4.78 is 37.4. The Kier molecular flexibility index (Phi) is 6.40. The molecule has 0 saturated heterocycles. The maximum absolute atomic E-state index is 12.5. The number of hydrogen-bond donors (Lipinski definition) is 2. The molecule has 0 aromatic carbocycles. The van der Waals surface area contributed by atoms with Gasteiger partial charge >= 0.3 is 6.18 Å². The van der Waals surface area contributed by atoms with Crippen molar-refractivity contribution in [1.82, 2.24) is 4.90 Å². The number of nitrogens with one attached hydrogen (secondary N) is 1. The number of hydrogen-bond acceptors (Lipinski definition) is 2. The zero-order valence-corrected chi connectivity index (χ0v) is 9.77. The highest BCUT2D eigenvalue weighted by atomic mass is 19.4. The first-order chi connectivity index (χ1) is 7.29. The summed E-state index contributed by atoms with van der Waals surface area (Å²) in [4.78, 5) is 1.58. The van der Waals surface area contributed by atoms with E-state index in [2.05, 4.69) is 0 Å². The first-order valence-electron chi connectivity index (χ1n) is 5.38. The normalized spacial score (nSPS) is 14.1. The van der Waals surface area contributed by atoms with Gasteiger partial charge in [0.2, 0.25) is 0 Å². The SMILES string of the molecule is CCCCCN(C)CC(C(=N)N)C(F)(F)F. The van der Waals surface area contributed by atoms with Crippen LogP contribution in [0, 0.1) is 11.3 Å². The lowest BCUT2D eigenvalue weighted by atomic mass is 10.1. The summed E-state index contributed by atoms with van der Waals surface area (Å²) in [5.74, 6) is -2.66.